The topological polar surface area (TPSA) is 76.8 Å². The van der Waals surface area contributed by atoms with Gasteiger partial charge in [-0.05, 0) is 24.6 Å². The Bertz CT molecular complexity index is 802. The van der Waals surface area contributed by atoms with Crippen molar-refractivity contribution in [1.82, 2.24) is 14.7 Å². The lowest BCUT2D eigenvalue weighted by atomic mass is 10.1. The number of aromatic nitrogens is 2. The highest BCUT2D eigenvalue weighted by atomic mass is 16.5. The highest BCUT2D eigenvalue weighted by molar-refractivity contribution is 5.91. The summed E-state index contributed by atoms with van der Waals surface area (Å²) in [5.74, 6) is 1.27. The molecule has 144 valence electrons. The Hall–Kier alpha value is -2.80. The maximum absolute atomic E-state index is 12.5. The summed E-state index contributed by atoms with van der Waals surface area (Å²) in [6, 6.07) is 7.30. The molecule has 7 nitrogen and oxygen atoms in total. The van der Waals surface area contributed by atoms with Crippen molar-refractivity contribution in [2.45, 2.75) is 25.0 Å². The molecule has 2 heterocycles. The fourth-order valence-corrected chi connectivity index (χ4v) is 3.07. The minimum Gasteiger partial charge on any atom is -0.497 e. The predicted octanol–water partition coefficient (Wildman–Crippen LogP) is 1.87. The molecule has 1 N–H and O–H groups in total. The zero-order valence-electron chi connectivity index (χ0n) is 15.6. The molecule has 0 aliphatic carbocycles. The van der Waals surface area contributed by atoms with Gasteiger partial charge in [-0.1, -0.05) is 6.07 Å². The molecule has 1 aliphatic rings. The van der Waals surface area contributed by atoms with E-state index < -0.39 is 6.10 Å². The summed E-state index contributed by atoms with van der Waals surface area (Å²) >= 11 is 0. The number of likely N-dealkylation sites (tertiary alicyclic amines) is 1. The van der Waals surface area contributed by atoms with Crippen molar-refractivity contribution in [3.05, 3.63) is 48.3 Å². The summed E-state index contributed by atoms with van der Waals surface area (Å²) < 4.78 is 12.8. The number of ether oxygens (including phenoxy) is 2. The average molecular weight is 371 g/mol. The van der Waals surface area contributed by atoms with E-state index in [0.29, 0.717) is 37.4 Å². The molecule has 27 heavy (non-hydrogen) atoms. The molecule has 3 rings (SSSR count). The largest absolute Gasteiger partial charge is 0.497 e. The molecule has 0 unspecified atom stereocenters. The third-order valence-corrected chi connectivity index (χ3v) is 4.59. The molecule has 0 bridgehead atoms. The molecule has 1 saturated heterocycles. The van der Waals surface area contributed by atoms with Gasteiger partial charge in [0.1, 0.15) is 17.6 Å². The lowest BCUT2D eigenvalue weighted by Gasteiger charge is -2.22. The number of aliphatic hydroxyl groups excluding tert-OH is 1. The van der Waals surface area contributed by atoms with Crippen LogP contribution in [-0.2, 0) is 11.8 Å². The van der Waals surface area contributed by atoms with Crippen molar-refractivity contribution in [2.24, 2.45) is 7.05 Å². The molecular weight excluding hydrogens is 346 g/mol. The Morgan fingerprint density at radius 1 is 1.30 bits per heavy atom. The van der Waals surface area contributed by atoms with Crippen LogP contribution in [0.3, 0.4) is 0 Å². The first-order valence-electron chi connectivity index (χ1n) is 8.99. The summed E-state index contributed by atoms with van der Waals surface area (Å²) in [6.45, 7) is 1.03. The molecule has 1 fully saturated rings. The number of carbonyl (C=O) groups excluding carboxylic acids is 1. The van der Waals surface area contributed by atoms with Crippen molar-refractivity contribution in [3.63, 3.8) is 0 Å². The number of methoxy groups -OCH3 is 1. The number of aryl methyl sites for hydroxylation is 1. The second-order valence-electron chi connectivity index (χ2n) is 6.59. The number of aliphatic hydroxyl groups is 1. The number of hydrogen-bond acceptors (Lipinski definition) is 5. The fourth-order valence-electron chi connectivity index (χ4n) is 3.07. The Kier molecular flexibility index (Phi) is 6.13. The monoisotopic (exact) mass is 371 g/mol. The van der Waals surface area contributed by atoms with Crippen LogP contribution in [0.15, 0.2) is 42.7 Å². The predicted molar refractivity (Wildman–Crippen MR) is 101 cm³/mol. The molecule has 2 atom stereocenters. The van der Waals surface area contributed by atoms with Crippen LogP contribution >= 0.6 is 0 Å². The van der Waals surface area contributed by atoms with Crippen LogP contribution in [0.2, 0.25) is 0 Å². The summed E-state index contributed by atoms with van der Waals surface area (Å²) in [4.78, 5) is 14.2. The molecule has 1 aromatic heterocycles. The highest BCUT2D eigenvalue weighted by Crippen LogP contribution is 2.23. The number of benzene rings is 1. The molecule has 1 aromatic carbocycles. The number of hydrogen-bond donors (Lipinski definition) is 1. The van der Waals surface area contributed by atoms with Crippen LogP contribution < -0.4 is 9.47 Å². The SMILES string of the molecule is COc1cccc(O[C@H]2CCN(C(=O)C=Cc3cnn(C)c3)CC[C@@H]2O)c1. The van der Waals surface area contributed by atoms with Crippen molar-refractivity contribution in [1.29, 1.82) is 0 Å². The molecule has 0 saturated carbocycles. The second-order valence-corrected chi connectivity index (χ2v) is 6.59. The van der Waals surface area contributed by atoms with Gasteiger partial charge in [0.2, 0.25) is 5.91 Å². The zero-order valence-corrected chi connectivity index (χ0v) is 15.6. The van der Waals surface area contributed by atoms with Gasteiger partial charge < -0.3 is 19.5 Å². The van der Waals surface area contributed by atoms with E-state index in [4.69, 9.17) is 9.47 Å². The van der Waals surface area contributed by atoms with E-state index in [-0.39, 0.29) is 12.0 Å². The van der Waals surface area contributed by atoms with Gasteiger partial charge >= 0.3 is 0 Å². The second kappa shape index (κ2) is 8.73. The van der Waals surface area contributed by atoms with Crippen molar-refractivity contribution >= 4 is 12.0 Å². The Balaban J connectivity index is 1.59. The van der Waals surface area contributed by atoms with Crippen LogP contribution in [0.1, 0.15) is 18.4 Å². The van der Waals surface area contributed by atoms with E-state index in [9.17, 15) is 9.90 Å². The van der Waals surface area contributed by atoms with Gasteiger partial charge in [0.25, 0.3) is 0 Å². The maximum atomic E-state index is 12.5. The van der Waals surface area contributed by atoms with Gasteiger partial charge in [0, 0.05) is 50.5 Å². The summed E-state index contributed by atoms with van der Waals surface area (Å²) in [7, 11) is 3.43. The molecule has 0 spiro atoms. The number of carbonyl (C=O) groups is 1. The quantitative estimate of drug-likeness (QED) is 0.812. The van der Waals surface area contributed by atoms with Crippen LogP contribution in [0.4, 0.5) is 0 Å². The third kappa shape index (κ3) is 5.10. The highest BCUT2D eigenvalue weighted by Gasteiger charge is 2.27. The van der Waals surface area contributed by atoms with E-state index in [1.807, 2.05) is 31.4 Å². The van der Waals surface area contributed by atoms with Crippen LogP contribution in [-0.4, -0.2) is 58.1 Å². The standard InChI is InChI=1S/C20H25N3O4/c1-22-14-15(13-21-22)6-7-20(25)23-10-8-18(24)19(9-11-23)27-17-5-3-4-16(12-17)26-2/h3-7,12-14,18-19,24H,8-11H2,1-2H3/t18-,19-/m0/s1. The number of rotatable bonds is 5. The Labute approximate surface area is 158 Å². The first-order chi connectivity index (χ1) is 13.0. The van der Waals surface area contributed by atoms with Gasteiger partial charge in [0.05, 0.1) is 19.4 Å². The van der Waals surface area contributed by atoms with Gasteiger partial charge in [-0.15, -0.1) is 0 Å². The van der Waals surface area contributed by atoms with Gasteiger partial charge in [-0.2, -0.15) is 5.10 Å². The van der Waals surface area contributed by atoms with Crippen LogP contribution in [0.5, 0.6) is 11.5 Å². The van der Waals surface area contributed by atoms with E-state index in [2.05, 4.69) is 5.10 Å². The third-order valence-electron chi connectivity index (χ3n) is 4.59. The van der Waals surface area contributed by atoms with E-state index in [0.717, 1.165) is 5.56 Å². The van der Waals surface area contributed by atoms with Crippen LogP contribution in [0, 0.1) is 0 Å². The number of nitrogens with zero attached hydrogens (tertiary/aromatic N) is 3. The van der Waals surface area contributed by atoms with Crippen molar-refractivity contribution in [2.75, 3.05) is 20.2 Å². The lowest BCUT2D eigenvalue weighted by molar-refractivity contribution is -0.125. The van der Waals surface area contributed by atoms with E-state index in [1.54, 1.807) is 41.1 Å². The average Bonchev–Trinajstić information content (AvgIpc) is 3.01. The summed E-state index contributed by atoms with van der Waals surface area (Å²) in [5, 5.41) is 14.5. The normalized spacial score (nSPS) is 20.5. The van der Waals surface area contributed by atoms with Gasteiger partial charge in [-0.3, -0.25) is 9.48 Å². The first-order valence-corrected chi connectivity index (χ1v) is 8.99. The van der Waals surface area contributed by atoms with Gasteiger partial charge in [0.15, 0.2) is 0 Å². The van der Waals surface area contributed by atoms with Crippen molar-refractivity contribution in [3.8, 4) is 11.5 Å². The lowest BCUT2D eigenvalue weighted by Crippen LogP contribution is -2.31. The smallest absolute Gasteiger partial charge is 0.246 e. The summed E-state index contributed by atoms with van der Waals surface area (Å²) in [5.41, 5.74) is 0.875. The minimum atomic E-state index is -0.628. The maximum Gasteiger partial charge on any atom is 0.246 e. The molecule has 0 radical (unpaired) electrons. The number of amides is 1. The fraction of sp³-hybridized carbons (Fsp3) is 0.400. The molecule has 1 amide bonds. The Morgan fingerprint density at radius 2 is 2.07 bits per heavy atom. The Morgan fingerprint density at radius 3 is 2.81 bits per heavy atom. The molecular formula is C20H25N3O4. The molecule has 7 heteroatoms. The van der Waals surface area contributed by atoms with E-state index >= 15 is 0 Å². The minimum absolute atomic E-state index is 0.0758. The summed E-state index contributed by atoms with van der Waals surface area (Å²) in [6.07, 6.45) is 6.88. The zero-order chi connectivity index (χ0) is 19.2. The van der Waals surface area contributed by atoms with E-state index in [1.165, 1.54) is 0 Å². The molecule has 2 aromatic rings. The van der Waals surface area contributed by atoms with Crippen LogP contribution in [0.25, 0.3) is 6.08 Å². The molecule has 1 aliphatic heterocycles. The first kappa shape index (κ1) is 19.0. The van der Waals surface area contributed by atoms with Gasteiger partial charge in [-0.25, -0.2) is 0 Å². The van der Waals surface area contributed by atoms with Crippen molar-refractivity contribution < 1.29 is 19.4 Å².